The number of benzene rings is 3. The molecule has 4 fully saturated rings. The summed E-state index contributed by atoms with van der Waals surface area (Å²) in [5.41, 5.74) is 6.97. The van der Waals surface area contributed by atoms with Crippen LogP contribution in [0.5, 0.6) is 5.75 Å². The lowest BCUT2D eigenvalue weighted by atomic mass is 9.93. The molecule has 4 saturated heterocycles. The Balaban J connectivity index is 0.700. The first kappa shape index (κ1) is 50.2. The van der Waals surface area contributed by atoms with Gasteiger partial charge < -0.3 is 34.6 Å². The zero-order chi connectivity index (χ0) is 52.1. The summed E-state index contributed by atoms with van der Waals surface area (Å²) < 4.78 is 21.5. The SMILES string of the molecule is COc1cc(N2CCN(C3CCN(CC4CCN(c5ccc6c(c5)C(=O)N(C5CCC(=O)NC5=O)C6=O)CC4)CC3)CC2)c(-c2cnn(C)c2)cc1Nc1ncc(Cl)c(Nc2ccc3nccnc3c2P(C)(C)=O)n1. The van der Waals surface area contributed by atoms with Crippen LogP contribution in [0.1, 0.15) is 59.2 Å². The van der Waals surface area contributed by atoms with Crippen LogP contribution in [0.15, 0.2) is 73.4 Å². The van der Waals surface area contributed by atoms with Crippen LogP contribution in [0.4, 0.5) is 34.5 Å². The van der Waals surface area contributed by atoms with Gasteiger partial charge in [-0.05, 0) is 101 Å². The number of imide groups is 2. The fraction of sp³-hybridized carbons (Fsp3) is 0.415. The number of likely N-dealkylation sites (tertiary alicyclic amines) is 1. The number of anilines is 6. The van der Waals surface area contributed by atoms with Gasteiger partial charge in [0, 0.05) is 112 Å². The second-order valence-corrected chi connectivity index (χ2v) is 24.1. The maximum absolute atomic E-state index is 13.6. The molecule has 6 aromatic rings. The number of piperazine rings is 1. The molecule has 3 aromatic heterocycles. The Labute approximate surface area is 439 Å². The van der Waals surface area contributed by atoms with Crippen LogP contribution < -0.4 is 35.8 Å². The quantitative estimate of drug-likeness (QED) is 0.0877. The Kier molecular flexibility index (Phi) is 13.8. The standard InChI is InChI=1S/C53H60ClN14O6P/c1-63-31-33(28-58-63)37-26-42(60-53-57-29-39(54)49(62-53)59-41-8-7-40-47(56-16-15-55-40)48(41)75(3,4)73)45(74-2)27-44(37)67-23-21-66(22-24-67)34-13-17-64(18-14-34)30-32-11-19-65(20-12-32)35-5-6-36-38(25-35)52(72)68(51(36)71)43-9-10-46(69)61-50(43)70/h5-8,15-16,25-29,31-32,34,43H,9-14,17-24,30H2,1-4H3,(H,61,69,70)(H2,57,59,60,62). The highest BCUT2D eigenvalue weighted by atomic mass is 35.5. The van der Waals surface area contributed by atoms with E-state index in [0.717, 1.165) is 112 Å². The number of methoxy groups -OCH3 is 1. The summed E-state index contributed by atoms with van der Waals surface area (Å²) in [7, 11) is 0.724. The van der Waals surface area contributed by atoms with Crippen LogP contribution in [-0.2, 0) is 21.2 Å². The van der Waals surface area contributed by atoms with Gasteiger partial charge >= 0.3 is 0 Å². The number of nitrogens with zero attached hydrogens (tertiary/aromatic N) is 11. The van der Waals surface area contributed by atoms with E-state index < -0.39 is 30.9 Å². The van der Waals surface area contributed by atoms with Crippen molar-refractivity contribution in [2.45, 2.75) is 50.6 Å². The van der Waals surface area contributed by atoms with Crippen LogP contribution in [-0.4, -0.2) is 159 Å². The summed E-state index contributed by atoms with van der Waals surface area (Å²) in [4.78, 5) is 80.2. The molecule has 5 aliphatic rings. The highest BCUT2D eigenvalue weighted by Gasteiger charge is 2.45. The van der Waals surface area contributed by atoms with Crippen LogP contribution in [0, 0.1) is 5.92 Å². The monoisotopic (exact) mass is 1050 g/mol. The van der Waals surface area contributed by atoms with E-state index in [4.69, 9.17) is 21.3 Å². The number of fused-ring (bicyclic) bond motifs is 2. The minimum absolute atomic E-state index is 0.0916. The summed E-state index contributed by atoms with van der Waals surface area (Å²) in [5.74, 6) is -0.144. The Bertz CT molecular complexity index is 3270. The maximum atomic E-state index is 13.6. The third-order valence-corrected chi connectivity index (χ3v) is 17.2. The molecular weight excluding hydrogens is 995 g/mol. The van der Waals surface area contributed by atoms with Crippen molar-refractivity contribution in [1.82, 2.24) is 49.7 Å². The normalized spacial score (nSPS) is 19.5. The van der Waals surface area contributed by atoms with Gasteiger partial charge in [-0.3, -0.25) is 48.9 Å². The number of hydrogen-bond donors (Lipinski definition) is 3. The van der Waals surface area contributed by atoms with Crippen LogP contribution >= 0.6 is 18.7 Å². The van der Waals surface area contributed by atoms with Crippen molar-refractivity contribution >= 4 is 93.2 Å². The molecule has 390 valence electrons. The van der Waals surface area contributed by atoms with E-state index in [1.54, 1.807) is 49.6 Å². The smallest absolute Gasteiger partial charge is 0.262 e. The van der Waals surface area contributed by atoms with E-state index in [0.29, 0.717) is 62.4 Å². The fourth-order valence-electron chi connectivity index (χ4n) is 11.5. The van der Waals surface area contributed by atoms with Gasteiger partial charge in [0.25, 0.3) is 11.8 Å². The third kappa shape index (κ3) is 10.2. The van der Waals surface area contributed by atoms with Crippen LogP contribution in [0.25, 0.3) is 22.2 Å². The Morgan fingerprint density at radius 1 is 0.787 bits per heavy atom. The van der Waals surface area contributed by atoms with E-state index in [9.17, 15) is 23.7 Å². The fourth-order valence-corrected chi connectivity index (χ4v) is 13.0. The molecule has 0 saturated carbocycles. The number of halogens is 1. The van der Waals surface area contributed by atoms with E-state index in [1.807, 2.05) is 37.6 Å². The number of aryl methyl sites for hydroxylation is 1. The number of hydrogen-bond acceptors (Lipinski definition) is 17. The molecule has 1 atom stereocenters. The van der Waals surface area contributed by atoms with Gasteiger partial charge in [0.05, 0.1) is 52.8 Å². The van der Waals surface area contributed by atoms with Crippen LogP contribution in [0.2, 0.25) is 5.02 Å². The van der Waals surface area contributed by atoms with E-state index >= 15 is 0 Å². The summed E-state index contributed by atoms with van der Waals surface area (Å²) >= 11 is 6.68. The number of aromatic nitrogens is 6. The van der Waals surface area contributed by atoms with Crippen molar-refractivity contribution in [1.29, 1.82) is 0 Å². The summed E-state index contributed by atoms with van der Waals surface area (Å²) in [6.45, 7) is 11.9. The molecule has 3 aromatic carbocycles. The zero-order valence-electron chi connectivity index (χ0n) is 42.5. The lowest BCUT2D eigenvalue weighted by molar-refractivity contribution is -0.136. The predicted molar refractivity (Wildman–Crippen MR) is 289 cm³/mol. The minimum atomic E-state index is -2.84. The van der Waals surface area contributed by atoms with Gasteiger partial charge in [-0.25, -0.2) is 4.98 Å². The first-order valence-corrected chi connectivity index (χ1v) is 28.6. The lowest BCUT2D eigenvalue weighted by Gasteiger charge is -2.44. The molecule has 1 unspecified atom stereocenters. The first-order valence-electron chi connectivity index (χ1n) is 25.6. The first-order chi connectivity index (χ1) is 36.2. The predicted octanol–water partition coefficient (Wildman–Crippen LogP) is 6.12. The molecule has 22 heteroatoms. The van der Waals surface area contributed by atoms with Crippen molar-refractivity contribution in [3.63, 3.8) is 0 Å². The number of amides is 4. The largest absolute Gasteiger partial charge is 0.494 e. The van der Waals surface area contributed by atoms with E-state index in [-0.39, 0.29) is 29.7 Å². The second kappa shape index (κ2) is 20.6. The Hall–Kier alpha value is -6.99. The molecule has 8 heterocycles. The molecule has 0 radical (unpaired) electrons. The van der Waals surface area contributed by atoms with Gasteiger partial charge in [0.15, 0.2) is 5.82 Å². The Morgan fingerprint density at radius 3 is 2.27 bits per heavy atom. The molecule has 5 aliphatic heterocycles. The number of ether oxygens (including phenoxy) is 1. The van der Waals surface area contributed by atoms with Gasteiger partial charge in [0.2, 0.25) is 17.8 Å². The average molecular weight is 1060 g/mol. The van der Waals surface area contributed by atoms with Gasteiger partial charge in [-0.1, -0.05) is 11.6 Å². The van der Waals surface area contributed by atoms with Crippen molar-refractivity contribution in [3.05, 3.63) is 89.6 Å². The number of rotatable bonds is 13. The molecule has 75 heavy (non-hydrogen) atoms. The maximum Gasteiger partial charge on any atom is 0.262 e. The summed E-state index contributed by atoms with van der Waals surface area (Å²) in [6.07, 6.45) is 13.2. The molecule has 0 bridgehead atoms. The van der Waals surface area contributed by atoms with E-state index in [2.05, 4.69) is 67.7 Å². The Morgan fingerprint density at radius 2 is 1.55 bits per heavy atom. The molecule has 3 N–H and O–H groups in total. The minimum Gasteiger partial charge on any atom is -0.494 e. The van der Waals surface area contributed by atoms with Crippen molar-refractivity contribution in [2.75, 3.05) is 99.8 Å². The topological polar surface area (TPSA) is 216 Å². The van der Waals surface area contributed by atoms with E-state index in [1.165, 1.54) is 6.20 Å². The molecule has 11 rings (SSSR count). The van der Waals surface area contributed by atoms with Crippen molar-refractivity contribution < 1.29 is 28.5 Å². The van der Waals surface area contributed by atoms with Gasteiger partial charge in [-0.15, -0.1) is 0 Å². The number of carbonyl (C=O) groups is 4. The van der Waals surface area contributed by atoms with Crippen molar-refractivity contribution in [2.24, 2.45) is 13.0 Å². The number of nitrogens with one attached hydrogen (secondary N) is 3. The highest BCUT2D eigenvalue weighted by Crippen LogP contribution is 2.43. The van der Waals surface area contributed by atoms with Gasteiger partial charge in [0.1, 0.15) is 29.5 Å². The average Bonchev–Trinajstić information content (AvgIpc) is 3.96. The molecular formula is C53H60ClN14O6P. The molecule has 20 nitrogen and oxygen atoms in total. The van der Waals surface area contributed by atoms with Crippen LogP contribution in [0.3, 0.4) is 0 Å². The number of piperidine rings is 3. The zero-order valence-corrected chi connectivity index (χ0v) is 44.1. The lowest BCUT2D eigenvalue weighted by Crippen LogP contribution is -2.54. The van der Waals surface area contributed by atoms with Crippen molar-refractivity contribution in [3.8, 4) is 16.9 Å². The van der Waals surface area contributed by atoms with Gasteiger partial charge in [-0.2, -0.15) is 10.1 Å². The number of carbonyl (C=O) groups excluding carboxylic acids is 4. The molecule has 0 spiro atoms. The molecule has 4 amide bonds. The molecule has 0 aliphatic carbocycles. The second-order valence-electron chi connectivity index (χ2n) is 20.5. The summed E-state index contributed by atoms with van der Waals surface area (Å²) in [5, 5.41) is 14.3. The highest BCUT2D eigenvalue weighted by molar-refractivity contribution is 7.71. The summed E-state index contributed by atoms with van der Waals surface area (Å²) in [6, 6.07) is 12.7. The third-order valence-electron chi connectivity index (χ3n) is 15.4.